The summed E-state index contributed by atoms with van der Waals surface area (Å²) in [6, 6.07) is 9.08. The maximum absolute atomic E-state index is 13.6. The summed E-state index contributed by atoms with van der Waals surface area (Å²) in [5, 5.41) is 3.13. The summed E-state index contributed by atoms with van der Waals surface area (Å²) in [7, 11) is 1.36. The topological polar surface area (TPSA) is 38.3 Å². The molecule has 20 heavy (non-hydrogen) atoms. The molecule has 104 valence electrons. The average Bonchev–Trinajstić information content (AvgIpc) is 2.43. The van der Waals surface area contributed by atoms with Crippen molar-refractivity contribution in [3.05, 3.63) is 57.3 Å². The SMILES string of the molecule is COc1ccc(C(=O)Nc2cccc(Cl)c2Br)cc1F. The quantitative estimate of drug-likeness (QED) is 0.877. The fourth-order valence-electron chi connectivity index (χ4n) is 1.60. The van der Waals surface area contributed by atoms with Crippen molar-refractivity contribution in [3.63, 3.8) is 0 Å². The Bertz CT molecular complexity index is 664. The van der Waals surface area contributed by atoms with Crippen molar-refractivity contribution in [1.82, 2.24) is 0 Å². The van der Waals surface area contributed by atoms with Crippen LogP contribution in [0.15, 0.2) is 40.9 Å². The number of benzene rings is 2. The summed E-state index contributed by atoms with van der Waals surface area (Å²) >= 11 is 9.21. The first-order chi connectivity index (χ1) is 9.52. The van der Waals surface area contributed by atoms with Crippen molar-refractivity contribution in [3.8, 4) is 5.75 Å². The second kappa shape index (κ2) is 6.24. The van der Waals surface area contributed by atoms with E-state index in [9.17, 15) is 9.18 Å². The van der Waals surface area contributed by atoms with E-state index in [2.05, 4.69) is 21.2 Å². The number of methoxy groups -OCH3 is 1. The van der Waals surface area contributed by atoms with Crippen LogP contribution in [0.4, 0.5) is 10.1 Å². The molecule has 2 aromatic rings. The van der Waals surface area contributed by atoms with Gasteiger partial charge in [-0.25, -0.2) is 4.39 Å². The van der Waals surface area contributed by atoms with Gasteiger partial charge in [-0.2, -0.15) is 0 Å². The molecule has 6 heteroatoms. The monoisotopic (exact) mass is 357 g/mol. The normalized spacial score (nSPS) is 10.2. The molecule has 0 fully saturated rings. The number of carbonyl (C=O) groups excluding carboxylic acids is 1. The van der Waals surface area contributed by atoms with Gasteiger partial charge in [-0.1, -0.05) is 17.7 Å². The Hall–Kier alpha value is -1.59. The van der Waals surface area contributed by atoms with E-state index in [0.29, 0.717) is 15.2 Å². The molecule has 0 unspecified atom stereocenters. The molecule has 3 nitrogen and oxygen atoms in total. The molecule has 0 aliphatic heterocycles. The zero-order valence-electron chi connectivity index (χ0n) is 10.4. The van der Waals surface area contributed by atoms with Gasteiger partial charge >= 0.3 is 0 Å². The van der Waals surface area contributed by atoms with Gasteiger partial charge in [0.1, 0.15) is 0 Å². The summed E-state index contributed by atoms with van der Waals surface area (Å²) in [5.41, 5.74) is 0.703. The third kappa shape index (κ3) is 3.11. The highest BCUT2D eigenvalue weighted by atomic mass is 79.9. The highest BCUT2D eigenvalue weighted by Gasteiger charge is 2.12. The smallest absolute Gasteiger partial charge is 0.255 e. The van der Waals surface area contributed by atoms with E-state index in [1.54, 1.807) is 18.2 Å². The van der Waals surface area contributed by atoms with Gasteiger partial charge in [-0.05, 0) is 46.3 Å². The average molecular weight is 359 g/mol. The molecule has 1 amide bonds. The van der Waals surface area contributed by atoms with Gasteiger partial charge in [0.25, 0.3) is 5.91 Å². The van der Waals surface area contributed by atoms with Gasteiger partial charge in [-0.15, -0.1) is 0 Å². The van der Waals surface area contributed by atoms with Gasteiger partial charge in [0.15, 0.2) is 11.6 Å². The van der Waals surface area contributed by atoms with Crippen LogP contribution in [-0.2, 0) is 0 Å². The first kappa shape index (κ1) is 14.8. The Kier molecular flexibility index (Phi) is 4.62. The number of nitrogens with one attached hydrogen (secondary N) is 1. The lowest BCUT2D eigenvalue weighted by Crippen LogP contribution is -2.12. The highest BCUT2D eigenvalue weighted by Crippen LogP contribution is 2.30. The third-order valence-corrected chi connectivity index (χ3v) is 4.01. The van der Waals surface area contributed by atoms with E-state index in [4.69, 9.17) is 16.3 Å². The van der Waals surface area contributed by atoms with Crippen molar-refractivity contribution < 1.29 is 13.9 Å². The number of anilines is 1. The molecular formula is C14H10BrClFNO2. The summed E-state index contributed by atoms with van der Waals surface area (Å²) < 4.78 is 18.9. The lowest BCUT2D eigenvalue weighted by Gasteiger charge is -2.09. The molecule has 2 rings (SSSR count). The first-order valence-electron chi connectivity index (χ1n) is 5.62. The first-order valence-corrected chi connectivity index (χ1v) is 6.79. The highest BCUT2D eigenvalue weighted by molar-refractivity contribution is 9.10. The second-order valence-electron chi connectivity index (χ2n) is 3.90. The van der Waals surface area contributed by atoms with Gasteiger partial charge in [0.05, 0.1) is 22.3 Å². The Morgan fingerprint density at radius 2 is 2.10 bits per heavy atom. The van der Waals surface area contributed by atoms with Crippen LogP contribution in [0.5, 0.6) is 5.75 Å². The Morgan fingerprint density at radius 1 is 1.35 bits per heavy atom. The second-order valence-corrected chi connectivity index (χ2v) is 5.11. The van der Waals surface area contributed by atoms with Crippen LogP contribution in [0.25, 0.3) is 0 Å². The van der Waals surface area contributed by atoms with Crippen molar-refractivity contribution in [2.45, 2.75) is 0 Å². The molecule has 0 saturated heterocycles. The van der Waals surface area contributed by atoms with Crippen LogP contribution in [0.3, 0.4) is 0 Å². The van der Waals surface area contributed by atoms with Crippen molar-refractivity contribution >= 4 is 39.1 Å². The van der Waals surface area contributed by atoms with Gasteiger partial charge in [0.2, 0.25) is 0 Å². The number of carbonyl (C=O) groups is 1. The number of hydrogen-bond acceptors (Lipinski definition) is 2. The third-order valence-electron chi connectivity index (χ3n) is 2.61. The van der Waals surface area contributed by atoms with Crippen LogP contribution < -0.4 is 10.1 Å². The molecule has 1 N–H and O–H groups in total. The van der Waals surface area contributed by atoms with E-state index < -0.39 is 11.7 Å². The summed E-state index contributed by atoms with van der Waals surface area (Å²) in [6.07, 6.45) is 0. The molecule has 0 heterocycles. The Labute approximate surface area is 128 Å². The van der Waals surface area contributed by atoms with E-state index in [0.717, 1.165) is 6.07 Å². The largest absolute Gasteiger partial charge is 0.494 e. The van der Waals surface area contributed by atoms with Crippen molar-refractivity contribution in [2.75, 3.05) is 12.4 Å². The van der Waals surface area contributed by atoms with Gasteiger partial charge in [0, 0.05) is 5.56 Å². The predicted molar refractivity (Wildman–Crippen MR) is 80.1 cm³/mol. The molecule has 0 aromatic heterocycles. The van der Waals surface area contributed by atoms with Crippen LogP contribution >= 0.6 is 27.5 Å². The summed E-state index contributed by atoms with van der Waals surface area (Å²) in [4.78, 5) is 12.0. The molecule has 2 aromatic carbocycles. The van der Waals surface area contributed by atoms with E-state index in [1.807, 2.05) is 0 Å². The van der Waals surface area contributed by atoms with Gasteiger partial charge in [-0.3, -0.25) is 4.79 Å². The minimum atomic E-state index is -0.592. The molecule has 0 radical (unpaired) electrons. The minimum Gasteiger partial charge on any atom is -0.494 e. The number of rotatable bonds is 3. The molecular weight excluding hydrogens is 349 g/mol. The zero-order valence-corrected chi connectivity index (χ0v) is 12.8. The van der Waals surface area contributed by atoms with Crippen LogP contribution in [0.2, 0.25) is 5.02 Å². The molecule has 0 atom stereocenters. The fraction of sp³-hybridized carbons (Fsp3) is 0.0714. The molecule has 0 aliphatic carbocycles. The lowest BCUT2D eigenvalue weighted by atomic mass is 10.2. The standard InChI is InChI=1S/C14H10BrClFNO2/c1-20-12-6-5-8(7-10(12)17)14(19)18-11-4-2-3-9(16)13(11)15/h2-7H,1H3,(H,18,19). The zero-order chi connectivity index (χ0) is 14.7. The van der Waals surface area contributed by atoms with Crippen molar-refractivity contribution in [1.29, 1.82) is 0 Å². The lowest BCUT2D eigenvalue weighted by molar-refractivity contribution is 0.102. The molecule has 0 saturated carbocycles. The van der Waals surface area contributed by atoms with E-state index in [-0.39, 0.29) is 11.3 Å². The van der Waals surface area contributed by atoms with Gasteiger partial charge < -0.3 is 10.1 Å². The minimum absolute atomic E-state index is 0.0884. The number of ether oxygens (including phenoxy) is 1. The van der Waals surface area contributed by atoms with E-state index >= 15 is 0 Å². The molecule has 0 bridgehead atoms. The summed E-state index contributed by atoms with van der Waals surface area (Å²) in [5.74, 6) is -0.940. The predicted octanol–water partition coefficient (Wildman–Crippen LogP) is 4.50. The number of halogens is 3. The fourth-order valence-corrected chi connectivity index (χ4v) is 2.14. The number of hydrogen-bond donors (Lipinski definition) is 1. The van der Waals surface area contributed by atoms with Crippen LogP contribution in [0.1, 0.15) is 10.4 Å². The molecule has 0 aliphatic rings. The molecule has 0 spiro atoms. The summed E-state index contributed by atoms with van der Waals surface area (Å²) in [6.45, 7) is 0. The van der Waals surface area contributed by atoms with Crippen LogP contribution in [0, 0.1) is 5.82 Å². The maximum atomic E-state index is 13.6. The van der Waals surface area contributed by atoms with Crippen LogP contribution in [-0.4, -0.2) is 13.0 Å². The van der Waals surface area contributed by atoms with Crippen molar-refractivity contribution in [2.24, 2.45) is 0 Å². The number of amides is 1. The maximum Gasteiger partial charge on any atom is 0.255 e. The van der Waals surface area contributed by atoms with E-state index in [1.165, 1.54) is 19.2 Å². The Balaban J connectivity index is 2.24. The Morgan fingerprint density at radius 3 is 2.75 bits per heavy atom.